The molecule has 0 aromatic carbocycles. The van der Waals surface area contributed by atoms with E-state index in [1.807, 2.05) is 25.8 Å². The minimum atomic E-state index is -0.981. The van der Waals surface area contributed by atoms with Crippen LogP contribution in [0.1, 0.15) is 29.9 Å². The van der Waals surface area contributed by atoms with Crippen molar-refractivity contribution in [3.63, 3.8) is 0 Å². The van der Waals surface area contributed by atoms with Gasteiger partial charge in [0.05, 0.1) is 23.4 Å². The Morgan fingerprint density at radius 1 is 1.47 bits per heavy atom. The van der Waals surface area contributed by atoms with Gasteiger partial charge in [0.15, 0.2) is 0 Å². The third-order valence-electron chi connectivity index (χ3n) is 2.94. The van der Waals surface area contributed by atoms with Crippen LogP contribution < -0.4 is 4.90 Å². The molecule has 5 heteroatoms. The topological polar surface area (TPSA) is 73.7 Å². The first kappa shape index (κ1) is 13.4. The third kappa shape index (κ3) is 2.74. The number of hydrogen-bond acceptors (Lipinski definition) is 4. The number of pyridine rings is 1. The highest BCUT2D eigenvalue weighted by atomic mass is 16.4. The summed E-state index contributed by atoms with van der Waals surface area (Å²) >= 11 is 0. The molecule has 0 atom stereocenters. The number of rotatable bonds is 4. The van der Waals surface area contributed by atoms with Crippen LogP contribution in [-0.2, 0) is 0 Å². The molecule has 0 amide bonds. The Hall–Kier alpha value is -1.62. The zero-order valence-electron chi connectivity index (χ0n) is 10.6. The van der Waals surface area contributed by atoms with Crippen molar-refractivity contribution in [2.45, 2.75) is 26.3 Å². The van der Waals surface area contributed by atoms with Crippen molar-refractivity contribution in [3.05, 3.63) is 23.4 Å². The molecule has 0 unspecified atom stereocenters. The lowest BCUT2D eigenvalue weighted by molar-refractivity contribution is 0.0695. The molecule has 0 fully saturated rings. The van der Waals surface area contributed by atoms with E-state index in [9.17, 15) is 9.90 Å². The second-order valence-corrected chi connectivity index (χ2v) is 4.64. The SMILES string of the molecule is Cc1nc(N(C)C(C)(C)CO)ccc1C(=O)O. The van der Waals surface area contributed by atoms with Gasteiger partial charge < -0.3 is 15.1 Å². The fraction of sp³-hybridized carbons (Fsp3) is 0.500. The molecular weight excluding hydrogens is 220 g/mol. The van der Waals surface area contributed by atoms with Crippen molar-refractivity contribution >= 4 is 11.8 Å². The summed E-state index contributed by atoms with van der Waals surface area (Å²) in [6.45, 7) is 5.42. The monoisotopic (exact) mass is 238 g/mol. The largest absolute Gasteiger partial charge is 0.478 e. The van der Waals surface area contributed by atoms with Gasteiger partial charge in [0.1, 0.15) is 5.82 Å². The molecule has 0 aliphatic rings. The highest BCUT2D eigenvalue weighted by molar-refractivity contribution is 5.89. The molecule has 17 heavy (non-hydrogen) atoms. The fourth-order valence-corrected chi connectivity index (χ4v) is 1.38. The van der Waals surface area contributed by atoms with Gasteiger partial charge in [-0.3, -0.25) is 0 Å². The summed E-state index contributed by atoms with van der Waals surface area (Å²) in [5.41, 5.74) is 0.226. The first-order valence-electron chi connectivity index (χ1n) is 5.35. The smallest absolute Gasteiger partial charge is 0.337 e. The predicted octanol–water partition coefficient (Wildman–Crippen LogP) is 1.30. The zero-order valence-corrected chi connectivity index (χ0v) is 10.6. The Labute approximate surface area is 101 Å². The number of anilines is 1. The molecule has 0 spiro atoms. The summed E-state index contributed by atoms with van der Waals surface area (Å²) in [6.07, 6.45) is 0. The van der Waals surface area contributed by atoms with Crippen molar-refractivity contribution in [2.75, 3.05) is 18.6 Å². The first-order chi connectivity index (χ1) is 7.79. The molecular formula is C12H18N2O3. The number of aromatic carboxylic acids is 1. The van der Waals surface area contributed by atoms with Crippen LogP contribution in [0, 0.1) is 6.92 Å². The van der Waals surface area contributed by atoms with E-state index in [0.717, 1.165) is 0 Å². The van der Waals surface area contributed by atoms with Gasteiger partial charge in [-0.1, -0.05) is 0 Å². The normalized spacial score (nSPS) is 11.4. The zero-order chi connectivity index (χ0) is 13.2. The van der Waals surface area contributed by atoms with Gasteiger partial charge >= 0.3 is 5.97 Å². The van der Waals surface area contributed by atoms with Gasteiger partial charge in [-0.2, -0.15) is 0 Å². The van der Waals surface area contributed by atoms with E-state index in [0.29, 0.717) is 11.5 Å². The Morgan fingerprint density at radius 2 is 2.06 bits per heavy atom. The molecule has 1 heterocycles. The molecule has 1 aromatic rings. The van der Waals surface area contributed by atoms with E-state index in [-0.39, 0.29) is 12.2 Å². The van der Waals surface area contributed by atoms with Gasteiger partial charge in [-0.25, -0.2) is 9.78 Å². The van der Waals surface area contributed by atoms with Crippen molar-refractivity contribution in [1.82, 2.24) is 4.98 Å². The Bertz CT molecular complexity index is 430. The van der Waals surface area contributed by atoms with E-state index in [2.05, 4.69) is 4.98 Å². The number of likely N-dealkylation sites (N-methyl/N-ethyl adjacent to an activating group) is 1. The summed E-state index contributed by atoms with van der Waals surface area (Å²) in [5, 5.41) is 18.2. The predicted molar refractivity (Wildman–Crippen MR) is 65.5 cm³/mol. The Morgan fingerprint density at radius 3 is 2.47 bits per heavy atom. The number of aromatic nitrogens is 1. The third-order valence-corrected chi connectivity index (χ3v) is 2.94. The lowest BCUT2D eigenvalue weighted by Gasteiger charge is -2.35. The fourth-order valence-electron chi connectivity index (χ4n) is 1.38. The number of aliphatic hydroxyl groups excluding tert-OH is 1. The number of aryl methyl sites for hydroxylation is 1. The Balaban J connectivity index is 3.10. The van der Waals surface area contributed by atoms with Crippen LogP contribution >= 0.6 is 0 Å². The number of hydrogen-bond donors (Lipinski definition) is 2. The summed E-state index contributed by atoms with van der Waals surface area (Å²) in [7, 11) is 1.82. The van der Waals surface area contributed by atoms with E-state index in [1.54, 1.807) is 13.0 Å². The number of carboxylic acid groups (broad SMARTS) is 1. The second kappa shape index (κ2) is 4.71. The van der Waals surface area contributed by atoms with Crippen LogP contribution in [0.5, 0.6) is 0 Å². The molecule has 1 rings (SSSR count). The van der Waals surface area contributed by atoms with E-state index in [1.165, 1.54) is 6.07 Å². The Kier molecular flexibility index (Phi) is 3.72. The van der Waals surface area contributed by atoms with Gasteiger partial charge in [0, 0.05) is 7.05 Å². The van der Waals surface area contributed by atoms with Gasteiger partial charge in [0.2, 0.25) is 0 Å². The van der Waals surface area contributed by atoms with Gasteiger partial charge in [-0.05, 0) is 32.9 Å². The maximum absolute atomic E-state index is 10.9. The van der Waals surface area contributed by atoms with E-state index >= 15 is 0 Å². The summed E-state index contributed by atoms with van der Waals surface area (Å²) in [4.78, 5) is 16.9. The highest BCUT2D eigenvalue weighted by Crippen LogP contribution is 2.21. The van der Waals surface area contributed by atoms with Crippen molar-refractivity contribution in [2.24, 2.45) is 0 Å². The van der Waals surface area contributed by atoms with Crippen LogP contribution in [-0.4, -0.2) is 40.4 Å². The highest BCUT2D eigenvalue weighted by Gasteiger charge is 2.24. The molecule has 2 N–H and O–H groups in total. The average molecular weight is 238 g/mol. The summed E-state index contributed by atoms with van der Waals surface area (Å²) in [6, 6.07) is 3.18. The molecule has 0 saturated carbocycles. The minimum Gasteiger partial charge on any atom is -0.478 e. The molecule has 5 nitrogen and oxygen atoms in total. The lowest BCUT2D eigenvalue weighted by atomic mass is 10.1. The molecule has 0 aliphatic carbocycles. The average Bonchev–Trinajstić information content (AvgIpc) is 2.27. The van der Waals surface area contributed by atoms with Gasteiger partial charge in [-0.15, -0.1) is 0 Å². The van der Waals surface area contributed by atoms with Crippen molar-refractivity contribution in [1.29, 1.82) is 0 Å². The van der Waals surface area contributed by atoms with Crippen LogP contribution in [0.25, 0.3) is 0 Å². The van der Waals surface area contributed by atoms with E-state index in [4.69, 9.17) is 5.11 Å². The molecule has 94 valence electrons. The molecule has 0 aliphatic heterocycles. The number of nitrogens with zero attached hydrogens (tertiary/aromatic N) is 2. The van der Waals surface area contributed by atoms with Crippen LogP contribution in [0.2, 0.25) is 0 Å². The second-order valence-electron chi connectivity index (χ2n) is 4.64. The standard InChI is InChI=1S/C12H18N2O3/c1-8-9(11(16)17)5-6-10(13-8)14(4)12(2,3)7-15/h5-6,15H,7H2,1-4H3,(H,16,17). The maximum atomic E-state index is 10.9. The number of carbonyl (C=O) groups is 1. The van der Waals surface area contributed by atoms with E-state index < -0.39 is 11.5 Å². The van der Waals surface area contributed by atoms with Gasteiger partial charge in [0.25, 0.3) is 0 Å². The van der Waals surface area contributed by atoms with Crippen LogP contribution in [0.4, 0.5) is 5.82 Å². The quantitative estimate of drug-likeness (QED) is 0.827. The first-order valence-corrected chi connectivity index (χ1v) is 5.35. The summed E-state index contributed by atoms with van der Waals surface area (Å²) < 4.78 is 0. The number of aliphatic hydroxyl groups is 1. The number of carboxylic acids is 1. The van der Waals surface area contributed by atoms with Crippen LogP contribution in [0.3, 0.4) is 0 Å². The molecule has 0 radical (unpaired) electrons. The molecule has 1 aromatic heterocycles. The van der Waals surface area contributed by atoms with Crippen molar-refractivity contribution in [3.8, 4) is 0 Å². The minimum absolute atomic E-state index is 0.00902. The molecule has 0 saturated heterocycles. The van der Waals surface area contributed by atoms with Crippen LogP contribution in [0.15, 0.2) is 12.1 Å². The summed E-state index contributed by atoms with van der Waals surface area (Å²) in [5.74, 6) is -0.336. The molecule has 0 bridgehead atoms. The van der Waals surface area contributed by atoms with Crippen molar-refractivity contribution < 1.29 is 15.0 Å². The maximum Gasteiger partial charge on any atom is 0.337 e. The lowest BCUT2D eigenvalue weighted by Crippen LogP contribution is -2.44.